The van der Waals surface area contributed by atoms with Gasteiger partial charge >= 0.3 is 0 Å². The molecule has 0 fully saturated rings. The van der Waals surface area contributed by atoms with Gasteiger partial charge in [0.15, 0.2) is 23.3 Å². The summed E-state index contributed by atoms with van der Waals surface area (Å²) in [6.07, 6.45) is 5.53. The minimum absolute atomic E-state index is 0.192. The number of unbranched alkanes of at least 4 members (excludes halogenated alkanes) is 4. The van der Waals surface area contributed by atoms with Gasteiger partial charge in [0, 0.05) is 11.1 Å². The normalized spacial score (nSPS) is 11.1. The summed E-state index contributed by atoms with van der Waals surface area (Å²) >= 11 is 0. The van der Waals surface area contributed by atoms with Crippen LogP contribution < -0.4 is 4.74 Å². The Hall–Kier alpha value is -4.52. The monoisotopic (exact) mass is 604 g/mol. The van der Waals surface area contributed by atoms with Gasteiger partial charge in [0.2, 0.25) is 0 Å². The summed E-state index contributed by atoms with van der Waals surface area (Å²) in [7, 11) is 0. The largest absolute Gasteiger partial charge is 0.494 e. The van der Waals surface area contributed by atoms with E-state index in [2.05, 4.69) is 0 Å². The molecule has 0 saturated carbocycles. The number of benzene rings is 5. The molecule has 0 atom stereocenters. The average Bonchev–Trinajstić information content (AvgIpc) is 3.02. The van der Waals surface area contributed by atoms with Gasteiger partial charge in [-0.2, -0.15) is 0 Å². The first kappa shape index (κ1) is 30.9. The van der Waals surface area contributed by atoms with E-state index in [1.54, 1.807) is 18.2 Å². The van der Waals surface area contributed by atoms with Gasteiger partial charge < -0.3 is 4.74 Å². The Kier molecular flexibility index (Phi) is 10.1. The molecular formula is C37H30F6O. The zero-order chi connectivity index (χ0) is 31.1. The second kappa shape index (κ2) is 14.3. The quantitative estimate of drug-likeness (QED) is 0.102. The van der Waals surface area contributed by atoms with E-state index >= 15 is 0 Å². The average molecular weight is 605 g/mol. The molecule has 0 aromatic heterocycles. The van der Waals surface area contributed by atoms with Crippen LogP contribution in [0.25, 0.3) is 33.4 Å². The predicted octanol–water partition coefficient (Wildman–Crippen LogP) is 11.1. The van der Waals surface area contributed by atoms with E-state index in [1.807, 2.05) is 30.3 Å². The molecule has 0 saturated heterocycles. The molecular weight excluding hydrogens is 574 g/mol. The van der Waals surface area contributed by atoms with Crippen molar-refractivity contribution in [2.45, 2.75) is 38.5 Å². The van der Waals surface area contributed by atoms with Gasteiger partial charge in [0.05, 0.1) is 6.61 Å². The van der Waals surface area contributed by atoms with Gasteiger partial charge in [-0.05, 0) is 95.6 Å². The van der Waals surface area contributed by atoms with Crippen molar-refractivity contribution in [3.05, 3.63) is 138 Å². The minimum atomic E-state index is -1.02. The third-order valence-electron chi connectivity index (χ3n) is 7.53. The van der Waals surface area contributed by atoms with Crippen molar-refractivity contribution in [3.63, 3.8) is 0 Å². The highest BCUT2D eigenvalue weighted by Gasteiger charge is 2.12. The molecule has 0 N–H and O–H groups in total. The summed E-state index contributed by atoms with van der Waals surface area (Å²) < 4.78 is 88.6. The Morgan fingerprint density at radius 2 is 0.886 bits per heavy atom. The molecule has 0 bridgehead atoms. The summed E-state index contributed by atoms with van der Waals surface area (Å²) in [5.74, 6) is -4.24. The van der Waals surface area contributed by atoms with E-state index in [-0.39, 0.29) is 16.7 Å². The van der Waals surface area contributed by atoms with Gasteiger partial charge in [0.1, 0.15) is 17.4 Å². The van der Waals surface area contributed by atoms with E-state index in [4.69, 9.17) is 4.74 Å². The molecule has 0 unspecified atom stereocenters. The van der Waals surface area contributed by atoms with Crippen LogP contribution in [-0.2, 0) is 6.42 Å². The summed E-state index contributed by atoms with van der Waals surface area (Å²) in [4.78, 5) is 0. The van der Waals surface area contributed by atoms with Crippen molar-refractivity contribution in [2.24, 2.45) is 0 Å². The molecule has 226 valence electrons. The van der Waals surface area contributed by atoms with Gasteiger partial charge in [-0.25, -0.2) is 26.3 Å². The summed E-state index contributed by atoms with van der Waals surface area (Å²) in [6.45, 7) is 0.563. The van der Waals surface area contributed by atoms with Crippen molar-refractivity contribution in [1.29, 1.82) is 0 Å². The maximum Gasteiger partial charge on any atom is 0.159 e. The fourth-order valence-electron chi connectivity index (χ4n) is 5.10. The zero-order valence-corrected chi connectivity index (χ0v) is 23.9. The lowest BCUT2D eigenvalue weighted by atomic mass is 9.99. The van der Waals surface area contributed by atoms with E-state index in [0.717, 1.165) is 73.9 Å². The molecule has 0 aliphatic carbocycles. The number of aryl methyl sites for hydroxylation is 1. The molecule has 0 radical (unpaired) electrons. The van der Waals surface area contributed by atoms with Gasteiger partial charge in [-0.3, -0.25) is 0 Å². The lowest BCUT2D eigenvalue weighted by Gasteiger charge is -2.10. The standard InChI is InChI=1S/C37H30F6O/c38-32-17-11-27(22-36(32)42)30-15-7-24(20-34(30)40)6-4-2-1-3-5-19-44-29-13-8-25(9-14-29)26-10-16-31(35(41)21-26)28-12-18-33(39)37(43)23-28/h7-18,20-23H,1-6,19H2. The molecule has 0 heterocycles. The third-order valence-corrected chi connectivity index (χ3v) is 7.53. The fraction of sp³-hybridized carbons (Fsp3) is 0.189. The second-order valence-electron chi connectivity index (χ2n) is 10.7. The molecule has 0 aliphatic rings. The summed E-state index contributed by atoms with van der Waals surface area (Å²) in [6, 6.07) is 23.5. The lowest BCUT2D eigenvalue weighted by molar-refractivity contribution is 0.304. The zero-order valence-electron chi connectivity index (χ0n) is 23.9. The van der Waals surface area contributed by atoms with Crippen LogP contribution >= 0.6 is 0 Å². The van der Waals surface area contributed by atoms with Crippen LogP contribution in [0.3, 0.4) is 0 Å². The molecule has 1 nitrogen and oxygen atoms in total. The predicted molar refractivity (Wildman–Crippen MR) is 161 cm³/mol. The summed E-state index contributed by atoms with van der Waals surface area (Å²) in [5.41, 5.74) is 3.32. The Morgan fingerprint density at radius 1 is 0.386 bits per heavy atom. The van der Waals surface area contributed by atoms with Crippen LogP contribution in [0, 0.1) is 34.9 Å². The molecule has 5 rings (SSSR count). The topological polar surface area (TPSA) is 9.23 Å². The Morgan fingerprint density at radius 3 is 1.48 bits per heavy atom. The molecule has 0 spiro atoms. The molecule has 5 aromatic rings. The maximum atomic E-state index is 14.8. The van der Waals surface area contributed by atoms with E-state index in [0.29, 0.717) is 23.5 Å². The lowest BCUT2D eigenvalue weighted by Crippen LogP contribution is -1.97. The second-order valence-corrected chi connectivity index (χ2v) is 10.7. The van der Waals surface area contributed by atoms with Crippen LogP contribution in [0.4, 0.5) is 26.3 Å². The minimum Gasteiger partial charge on any atom is -0.494 e. The number of halogens is 6. The van der Waals surface area contributed by atoms with E-state index < -0.39 is 34.9 Å². The van der Waals surface area contributed by atoms with Crippen molar-refractivity contribution >= 4 is 0 Å². The van der Waals surface area contributed by atoms with Gasteiger partial charge in [-0.1, -0.05) is 67.8 Å². The molecule has 44 heavy (non-hydrogen) atoms. The Labute approximate surface area is 252 Å². The van der Waals surface area contributed by atoms with Crippen molar-refractivity contribution in [3.8, 4) is 39.1 Å². The number of hydrogen-bond donors (Lipinski definition) is 0. The first-order valence-corrected chi connectivity index (χ1v) is 14.5. The Bertz CT molecular complexity index is 1730. The van der Waals surface area contributed by atoms with Crippen molar-refractivity contribution in [1.82, 2.24) is 0 Å². The van der Waals surface area contributed by atoms with Crippen LogP contribution in [0.15, 0.2) is 97.1 Å². The molecule has 0 amide bonds. The highest BCUT2D eigenvalue weighted by Crippen LogP contribution is 2.30. The van der Waals surface area contributed by atoms with Crippen LogP contribution in [0.5, 0.6) is 5.75 Å². The van der Waals surface area contributed by atoms with Crippen molar-refractivity contribution in [2.75, 3.05) is 6.61 Å². The molecule has 7 heteroatoms. The highest BCUT2D eigenvalue weighted by atomic mass is 19.2. The van der Waals surface area contributed by atoms with Crippen LogP contribution in [0.1, 0.15) is 37.7 Å². The maximum absolute atomic E-state index is 14.8. The van der Waals surface area contributed by atoms with Crippen LogP contribution in [-0.4, -0.2) is 6.61 Å². The number of rotatable bonds is 12. The first-order chi connectivity index (χ1) is 21.3. The Balaban J connectivity index is 1.01. The molecule has 0 aliphatic heterocycles. The number of ether oxygens (including phenoxy) is 1. The first-order valence-electron chi connectivity index (χ1n) is 14.5. The van der Waals surface area contributed by atoms with Crippen molar-refractivity contribution < 1.29 is 31.1 Å². The number of hydrogen-bond acceptors (Lipinski definition) is 1. The summed E-state index contributed by atoms with van der Waals surface area (Å²) in [5, 5.41) is 0. The smallest absolute Gasteiger partial charge is 0.159 e. The third kappa shape index (κ3) is 7.70. The SMILES string of the molecule is Fc1ccc(-c2ccc(CCCCCCCOc3ccc(-c4ccc(-c5ccc(F)c(F)c5)c(F)c4)cc3)cc2F)cc1F. The molecule has 5 aromatic carbocycles. The van der Waals surface area contributed by atoms with Crippen LogP contribution in [0.2, 0.25) is 0 Å². The van der Waals surface area contributed by atoms with Gasteiger partial charge in [0.25, 0.3) is 0 Å². The van der Waals surface area contributed by atoms with E-state index in [1.165, 1.54) is 24.3 Å². The fourth-order valence-corrected chi connectivity index (χ4v) is 5.10. The van der Waals surface area contributed by atoms with Gasteiger partial charge in [-0.15, -0.1) is 0 Å². The van der Waals surface area contributed by atoms with E-state index in [9.17, 15) is 26.3 Å². The highest BCUT2D eigenvalue weighted by molar-refractivity contribution is 5.71.